The fourth-order valence-electron chi connectivity index (χ4n) is 1.74. The van der Waals surface area contributed by atoms with Crippen molar-refractivity contribution < 1.29 is 4.74 Å². The summed E-state index contributed by atoms with van der Waals surface area (Å²) >= 11 is 0. The first kappa shape index (κ1) is 12.9. The fourth-order valence-corrected chi connectivity index (χ4v) is 1.74. The van der Waals surface area contributed by atoms with Gasteiger partial charge in [-0.2, -0.15) is 0 Å². The van der Waals surface area contributed by atoms with Crippen molar-refractivity contribution in [2.75, 3.05) is 33.9 Å². The van der Waals surface area contributed by atoms with Crippen LogP contribution in [-0.2, 0) is 4.74 Å². The predicted octanol–water partition coefficient (Wildman–Crippen LogP) is 1.39. The van der Waals surface area contributed by atoms with Gasteiger partial charge in [-0.05, 0) is 45.6 Å². The van der Waals surface area contributed by atoms with Crippen molar-refractivity contribution in [3.8, 4) is 0 Å². The van der Waals surface area contributed by atoms with Crippen molar-refractivity contribution in [1.29, 1.82) is 0 Å². The van der Waals surface area contributed by atoms with Crippen LogP contribution in [0.4, 0.5) is 0 Å². The highest BCUT2D eigenvalue weighted by molar-refractivity contribution is 4.95. The van der Waals surface area contributed by atoms with Crippen molar-refractivity contribution in [3.63, 3.8) is 0 Å². The maximum atomic E-state index is 5.15. The lowest BCUT2D eigenvalue weighted by Gasteiger charge is -2.26. The fraction of sp³-hybridized carbons (Fsp3) is 1.00. The van der Waals surface area contributed by atoms with Crippen LogP contribution in [0, 0.1) is 5.41 Å². The second kappa shape index (κ2) is 5.28. The number of hydrogen-bond acceptors (Lipinski definition) is 3. The third-order valence-electron chi connectivity index (χ3n) is 3.54. The molecule has 0 aromatic rings. The van der Waals surface area contributed by atoms with Gasteiger partial charge in [-0.3, -0.25) is 0 Å². The summed E-state index contributed by atoms with van der Waals surface area (Å²) in [4.78, 5) is 0. The SMILES string of the molecule is CNC(C)(C)CNCC1(CCOC)CC1. The standard InChI is InChI=1S/C12H26N2O/c1-11(2,13-3)9-14-10-12(5-6-12)7-8-15-4/h13-14H,5-10H2,1-4H3. The number of likely N-dealkylation sites (N-methyl/N-ethyl adjacent to an activating group) is 1. The minimum absolute atomic E-state index is 0.192. The van der Waals surface area contributed by atoms with E-state index in [9.17, 15) is 0 Å². The predicted molar refractivity (Wildman–Crippen MR) is 64.2 cm³/mol. The second-order valence-electron chi connectivity index (χ2n) is 5.48. The molecule has 90 valence electrons. The molecule has 3 heteroatoms. The average Bonchev–Trinajstić information content (AvgIpc) is 2.96. The molecule has 0 unspecified atom stereocenters. The van der Waals surface area contributed by atoms with E-state index in [0.717, 1.165) is 19.7 Å². The molecule has 1 aliphatic rings. The first-order valence-corrected chi connectivity index (χ1v) is 5.92. The highest BCUT2D eigenvalue weighted by Gasteiger charge is 2.41. The van der Waals surface area contributed by atoms with Crippen molar-refractivity contribution in [2.24, 2.45) is 5.41 Å². The van der Waals surface area contributed by atoms with Crippen LogP contribution >= 0.6 is 0 Å². The van der Waals surface area contributed by atoms with Gasteiger partial charge >= 0.3 is 0 Å². The lowest BCUT2D eigenvalue weighted by molar-refractivity contribution is 0.170. The molecule has 0 radical (unpaired) electrons. The van der Waals surface area contributed by atoms with Gasteiger partial charge in [-0.1, -0.05) is 0 Å². The van der Waals surface area contributed by atoms with Crippen molar-refractivity contribution in [2.45, 2.75) is 38.6 Å². The van der Waals surface area contributed by atoms with Crippen molar-refractivity contribution in [1.82, 2.24) is 10.6 Å². The lowest BCUT2D eigenvalue weighted by Crippen LogP contribution is -2.46. The first-order chi connectivity index (χ1) is 7.04. The molecule has 0 saturated heterocycles. The van der Waals surface area contributed by atoms with Crippen LogP contribution in [-0.4, -0.2) is 39.4 Å². The topological polar surface area (TPSA) is 33.3 Å². The highest BCUT2D eigenvalue weighted by Crippen LogP contribution is 2.48. The molecule has 0 aromatic carbocycles. The largest absolute Gasteiger partial charge is 0.385 e. The smallest absolute Gasteiger partial charge is 0.0468 e. The van der Waals surface area contributed by atoms with Gasteiger partial charge < -0.3 is 15.4 Å². The summed E-state index contributed by atoms with van der Waals surface area (Å²) in [7, 11) is 3.80. The molecule has 0 aliphatic heterocycles. The van der Waals surface area contributed by atoms with Gasteiger partial charge in [0, 0.05) is 32.3 Å². The number of hydrogen-bond donors (Lipinski definition) is 2. The van der Waals surface area contributed by atoms with Crippen LogP contribution in [0.15, 0.2) is 0 Å². The Morgan fingerprint density at radius 3 is 2.47 bits per heavy atom. The van der Waals surface area contributed by atoms with Crippen molar-refractivity contribution in [3.05, 3.63) is 0 Å². The maximum Gasteiger partial charge on any atom is 0.0468 e. The zero-order valence-electron chi connectivity index (χ0n) is 10.7. The molecule has 0 heterocycles. The van der Waals surface area contributed by atoms with Crippen LogP contribution < -0.4 is 10.6 Å². The molecule has 1 aliphatic carbocycles. The summed E-state index contributed by atoms with van der Waals surface area (Å²) < 4.78 is 5.15. The van der Waals surface area contributed by atoms with Crippen molar-refractivity contribution >= 4 is 0 Å². The zero-order chi connectivity index (χ0) is 11.4. The molecular weight excluding hydrogens is 188 g/mol. The molecule has 1 rings (SSSR count). The number of nitrogens with one attached hydrogen (secondary N) is 2. The zero-order valence-corrected chi connectivity index (χ0v) is 10.7. The third kappa shape index (κ3) is 4.49. The molecule has 0 atom stereocenters. The molecule has 15 heavy (non-hydrogen) atoms. The summed E-state index contributed by atoms with van der Waals surface area (Å²) in [5.74, 6) is 0. The number of methoxy groups -OCH3 is 1. The molecular formula is C12H26N2O. The van der Waals surface area contributed by atoms with Gasteiger partial charge in [-0.25, -0.2) is 0 Å². The lowest BCUT2D eigenvalue weighted by atomic mass is 10.0. The van der Waals surface area contributed by atoms with E-state index in [1.54, 1.807) is 7.11 Å². The number of ether oxygens (including phenoxy) is 1. The summed E-state index contributed by atoms with van der Waals surface area (Å²) in [5.41, 5.74) is 0.747. The monoisotopic (exact) mass is 214 g/mol. The van der Waals surface area contributed by atoms with E-state index in [1.807, 2.05) is 7.05 Å². The van der Waals surface area contributed by atoms with Crippen LogP contribution in [0.1, 0.15) is 33.1 Å². The third-order valence-corrected chi connectivity index (χ3v) is 3.54. The maximum absolute atomic E-state index is 5.15. The Morgan fingerprint density at radius 1 is 1.33 bits per heavy atom. The second-order valence-corrected chi connectivity index (χ2v) is 5.48. The molecule has 0 spiro atoms. The Hall–Kier alpha value is -0.120. The van der Waals surface area contributed by atoms with Crippen LogP contribution in [0.25, 0.3) is 0 Å². The first-order valence-electron chi connectivity index (χ1n) is 5.92. The highest BCUT2D eigenvalue weighted by atomic mass is 16.5. The van der Waals surface area contributed by atoms with E-state index < -0.39 is 0 Å². The van der Waals surface area contributed by atoms with E-state index in [0.29, 0.717) is 5.41 Å². The molecule has 0 aromatic heterocycles. The van der Waals surface area contributed by atoms with Gasteiger partial charge in [0.25, 0.3) is 0 Å². The minimum Gasteiger partial charge on any atom is -0.385 e. The van der Waals surface area contributed by atoms with E-state index in [4.69, 9.17) is 4.74 Å². The summed E-state index contributed by atoms with van der Waals surface area (Å²) in [6.45, 7) is 7.50. The van der Waals surface area contributed by atoms with Gasteiger partial charge in [0.2, 0.25) is 0 Å². The van der Waals surface area contributed by atoms with E-state index in [2.05, 4.69) is 24.5 Å². The van der Waals surface area contributed by atoms with Crippen LogP contribution in [0.2, 0.25) is 0 Å². The minimum atomic E-state index is 0.192. The Kier molecular flexibility index (Phi) is 4.56. The Labute approximate surface area is 94.0 Å². The van der Waals surface area contributed by atoms with Crippen LogP contribution in [0.5, 0.6) is 0 Å². The molecule has 2 N–H and O–H groups in total. The van der Waals surface area contributed by atoms with Gasteiger partial charge in [0.1, 0.15) is 0 Å². The van der Waals surface area contributed by atoms with Gasteiger partial charge in [-0.15, -0.1) is 0 Å². The van der Waals surface area contributed by atoms with E-state index in [1.165, 1.54) is 19.3 Å². The Morgan fingerprint density at radius 2 is 2.00 bits per heavy atom. The van der Waals surface area contributed by atoms with E-state index in [-0.39, 0.29) is 5.54 Å². The summed E-state index contributed by atoms with van der Waals surface area (Å²) in [5, 5.41) is 6.87. The molecule has 0 bridgehead atoms. The normalized spacial score (nSPS) is 19.2. The Balaban J connectivity index is 2.14. The quantitative estimate of drug-likeness (QED) is 0.640. The summed E-state index contributed by atoms with van der Waals surface area (Å²) in [6, 6.07) is 0. The van der Waals surface area contributed by atoms with Gasteiger partial charge in [0.15, 0.2) is 0 Å². The average molecular weight is 214 g/mol. The molecule has 1 fully saturated rings. The molecule has 3 nitrogen and oxygen atoms in total. The molecule has 1 saturated carbocycles. The summed E-state index contributed by atoms with van der Waals surface area (Å²) in [6.07, 6.45) is 3.93. The Bertz CT molecular complexity index is 188. The molecule has 0 amide bonds. The number of rotatable bonds is 8. The van der Waals surface area contributed by atoms with E-state index >= 15 is 0 Å². The van der Waals surface area contributed by atoms with Crippen LogP contribution in [0.3, 0.4) is 0 Å². The van der Waals surface area contributed by atoms with Gasteiger partial charge in [0.05, 0.1) is 0 Å².